The van der Waals surface area contributed by atoms with Crippen LogP contribution in [0.1, 0.15) is 12.8 Å². The van der Waals surface area contributed by atoms with Gasteiger partial charge in [-0.2, -0.15) is 18.3 Å². The zero-order chi connectivity index (χ0) is 24.7. The van der Waals surface area contributed by atoms with E-state index < -0.39 is 18.8 Å². The maximum absolute atomic E-state index is 13.2. The van der Waals surface area contributed by atoms with Crippen molar-refractivity contribution in [1.29, 1.82) is 0 Å². The number of fused-ring (bicyclic) bond motifs is 3. The van der Waals surface area contributed by atoms with E-state index in [9.17, 15) is 23.1 Å². The van der Waals surface area contributed by atoms with Gasteiger partial charge in [-0.15, -0.1) is 0 Å². The smallest absolute Gasteiger partial charge is 0.411 e. The van der Waals surface area contributed by atoms with Crippen molar-refractivity contribution in [3.8, 4) is 11.4 Å². The van der Waals surface area contributed by atoms with Gasteiger partial charge in [-0.3, -0.25) is 4.90 Å². The van der Waals surface area contributed by atoms with E-state index in [-0.39, 0.29) is 36.7 Å². The summed E-state index contributed by atoms with van der Waals surface area (Å²) in [6.45, 7) is -0.701. The molecule has 186 valence electrons. The molecule has 1 amide bonds. The highest BCUT2D eigenvalue weighted by Gasteiger charge is 2.40. The van der Waals surface area contributed by atoms with E-state index in [1.165, 1.54) is 18.3 Å². The molecule has 4 heterocycles. The van der Waals surface area contributed by atoms with Crippen molar-refractivity contribution in [2.24, 2.45) is 0 Å². The number of hydrogen-bond donors (Lipinski definition) is 2. The number of carbonyl (C=O) groups is 1. The molecule has 2 unspecified atom stereocenters. The van der Waals surface area contributed by atoms with Gasteiger partial charge in [0.1, 0.15) is 12.4 Å². The number of rotatable bonds is 6. The van der Waals surface area contributed by atoms with E-state index in [2.05, 4.69) is 15.0 Å². The van der Waals surface area contributed by atoms with Crippen LogP contribution in [0.4, 0.5) is 29.5 Å². The number of nitrogens with zero attached hydrogens (tertiary/aromatic N) is 6. The molecule has 3 aromatic rings. The summed E-state index contributed by atoms with van der Waals surface area (Å²) in [5, 5.41) is 22.9. The fourth-order valence-corrected chi connectivity index (χ4v) is 4.75. The fourth-order valence-electron chi connectivity index (χ4n) is 4.75. The molecule has 5 rings (SSSR count). The number of ether oxygens (including phenoxy) is 1. The Morgan fingerprint density at radius 1 is 1.14 bits per heavy atom. The van der Waals surface area contributed by atoms with Gasteiger partial charge in [0.05, 0.1) is 50.0 Å². The van der Waals surface area contributed by atoms with Gasteiger partial charge >= 0.3 is 12.3 Å². The molecule has 0 radical (unpaired) electrons. The van der Waals surface area contributed by atoms with Crippen LogP contribution in [0.15, 0.2) is 30.5 Å². The second kappa shape index (κ2) is 8.96. The molecule has 2 aliphatic rings. The molecule has 2 saturated heterocycles. The van der Waals surface area contributed by atoms with E-state index in [1.807, 2.05) is 0 Å². The van der Waals surface area contributed by atoms with Gasteiger partial charge in [-0.05, 0) is 37.1 Å². The number of benzene rings is 1. The van der Waals surface area contributed by atoms with Crippen molar-refractivity contribution in [2.75, 3.05) is 36.2 Å². The summed E-state index contributed by atoms with van der Waals surface area (Å²) in [6.07, 6.45) is -2.53. The standard InChI is InChI=1S/C22H23F3N6O4/c23-22(24,25)12-30-19-17(9-26-30)20(31-15-5-6-16(31)11-35-10-15)28-18(27-19)13-1-3-14(4-2-13)29(7-8-32)21(33)34/h1-4,9,15-16,32H,5-8,10-12H2,(H,33,34). The van der Waals surface area contributed by atoms with Gasteiger partial charge in [0.25, 0.3) is 0 Å². The Morgan fingerprint density at radius 3 is 2.43 bits per heavy atom. The number of halogens is 3. The van der Waals surface area contributed by atoms with Gasteiger partial charge in [0.15, 0.2) is 11.5 Å². The number of aliphatic hydroxyl groups excluding tert-OH is 1. The minimum atomic E-state index is -4.48. The summed E-state index contributed by atoms with van der Waals surface area (Å²) in [5.41, 5.74) is 0.918. The van der Waals surface area contributed by atoms with Crippen molar-refractivity contribution in [1.82, 2.24) is 19.7 Å². The topological polar surface area (TPSA) is 117 Å². The minimum absolute atomic E-state index is 0.0654. The van der Waals surface area contributed by atoms with Crippen LogP contribution in [0.2, 0.25) is 0 Å². The molecule has 10 nitrogen and oxygen atoms in total. The summed E-state index contributed by atoms with van der Waals surface area (Å²) < 4.78 is 46.1. The first-order valence-corrected chi connectivity index (χ1v) is 11.1. The lowest BCUT2D eigenvalue weighted by molar-refractivity contribution is -0.141. The van der Waals surface area contributed by atoms with Crippen LogP contribution in [-0.4, -0.2) is 80.7 Å². The normalized spacial score (nSPS) is 19.9. The molecule has 2 N–H and O–H groups in total. The number of aromatic nitrogens is 4. The molecule has 2 aromatic heterocycles. The van der Waals surface area contributed by atoms with Crippen LogP contribution in [0.3, 0.4) is 0 Å². The molecular formula is C22H23F3N6O4. The van der Waals surface area contributed by atoms with Gasteiger partial charge in [0, 0.05) is 11.3 Å². The Morgan fingerprint density at radius 2 is 1.83 bits per heavy atom. The molecule has 35 heavy (non-hydrogen) atoms. The van der Waals surface area contributed by atoms with E-state index in [1.54, 1.807) is 12.1 Å². The second-order valence-electron chi connectivity index (χ2n) is 8.56. The van der Waals surface area contributed by atoms with Gasteiger partial charge in [0.2, 0.25) is 0 Å². The predicted octanol–water partition coefficient (Wildman–Crippen LogP) is 2.90. The number of amides is 1. The van der Waals surface area contributed by atoms with E-state index in [4.69, 9.17) is 14.8 Å². The molecule has 1 aromatic carbocycles. The van der Waals surface area contributed by atoms with Crippen LogP contribution in [-0.2, 0) is 11.3 Å². The monoisotopic (exact) mass is 492 g/mol. The molecule has 0 saturated carbocycles. The quantitative estimate of drug-likeness (QED) is 0.540. The molecule has 0 aliphatic carbocycles. The molecule has 2 aliphatic heterocycles. The molecule has 2 fully saturated rings. The summed E-state index contributed by atoms with van der Waals surface area (Å²) >= 11 is 0. The average molecular weight is 492 g/mol. The Labute approximate surface area is 197 Å². The van der Waals surface area contributed by atoms with E-state index in [0.717, 1.165) is 22.4 Å². The lowest BCUT2D eigenvalue weighted by Crippen LogP contribution is -2.46. The number of hydrogen-bond acceptors (Lipinski definition) is 7. The Bertz CT molecular complexity index is 1220. The number of morpholine rings is 1. The number of aliphatic hydroxyl groups is 1. The SMILES string of the molecule is O=C(O)N(CCO)c1ccc(-c2nc(N3C4CCC3COC4)c3cnn(CC(F)(F)F)c3n2)cc1. The van der Waals surface area contributed by atoms with Crippen LogP contribution in [0.25, 0.3) is 22.4 Å². The summed E-state index contributed by atoms with van der Waals surface area (Å²) in [5.74, 6) is 0.726. The zero-order valence-corrected chi connectivity index (χ0v) is 18.5. The van der Waals surface area contributed by atoms with Crippen LogP contribution >= 0.6 is 0 Å². The fraction of sp³-hybridized carbons (Fsp3) is 0.455. The van der Waals surface area contributed by atoms with Gasteiger partial charge < -0.3 is 19.8 Å². The summed E-state index contributed by atoms with van der Waals surface area (Å²) in [4.78, 5) is 23.7. The van der Waals surface area contributed by atoms with Crippen LogP contribution in [0, 0.1) is 0 Å². The predicted molar refractivity (Wildman–Crippen MR) is 119 cm³/mol. The summed E-state index contributed by atoms with van der Waals surface area (Å²) in [6, 6.07) is 6.42. The highest BCUT2D eigenvalue weighted by Crippen LogP contribution is 2.38. The number of alkyl halides is 3. The molecule has 2 atom stereocenters. The van der Waals surface area contributed by atoms with Crippen molar-refractivity contribution >= 4 is 28.6 Å². The van der Waals surface area contributed by atoms with E-state index >= 15 is 0 Å². The van der Waals surface area contributed by atoms with Crippen molar-refractivity contribution in [3.63, 3.8) is 0 Å². The average Bonchev–Trinajstić information content (AvgIpc) is 3.32. The number of anilines is 2. The molecule has 13 heteroatoms. The summed E-state index contributed by atoms with van der Waals surface area (Å²) in [7, 11) is 0. The third-order valence-corrected chi connectivity index (χ3v) is 6.28. The Balaban J connectivity index is 1.60. The van der Waals surface area contributed by atoms with Crippen molar-refractivity contribution in [2.45, 2.75) is 37.6 Å². The first-order chi connectivity index (χ1) is 16.7. The highest BCUT2D eigenvalue weighted by atomic mass is 19.4. The molecule has 2 bridgehead atoms. The largest absolute Gasteiger partial charge is 0.465 e. The highest BCUT2D eigenvalue weighted by molar-refractivity contribution is 5.90. The first kappa shape index (κ1) is 23.3. The molecular weight excluding hydrogens is 469 g/mol. The van der Waals surface area contributed by atoms with Gasteiger partial charge in [-0.1, -0.05) is 0 Å². The molecule has 0 spiro atoms. The maximum atomic E-state index is 13.2. The lowest BCUT2D eigenvalue weighted by Gasteiger charge is -2.36. The zero-order valence-electron chi connectivity index (χ0n) is 18.5. The third-order valence-electron chi connectivity index (χ3n) is 6.28. The second-order valence-corrected chi connectivity index (χ2v) is 8.56. The van der Waals surface area contributed by atoms with Crippen molar-refractivity contribution < 1.29 is 32.9 Å². The number of carboxylic acid groups (broad SMARTS) is 1. The van der Waals surface area contributed by atoms with E-state index in [0.29, 0.717) is 35.7 Å². The van der Waals surface area contributed by atoms with Crippen molar-refractivity contribution in [3.05, 3.63) is 30.5 Å². The minimum Gasteiger partial charge on any atom is -0.465 e. The van der Waals surface area contributed by atoms with Crippen LogP contribution in [0.5, 0.6) is 0 Å². The van der Waals surface area contributed by atoms with Gasteiger partial charge in [-0.25, -0.2) is 19.4 Å². The maximum Gasteiger partial charge on any atom is 0.411 e. The lowest BCUT2D eigenvalue weighted by atomic mass is 10.1. The Hall–Kier alpha value is -3.45. The van der Waals surface area contributed by atoms with Crippen LogP contribution < -0.4 is 9.80 Å². The third kappa shape index (κ3) is 4.48. The Kier molecular flexibility index (Phi) is 5.97. The first-order valence-electron chi connectivity index (χ1n) is 11.1.